The van der Waals surface area contributed by atoms with Crippen molar-refractivity contribution < 1.29 is 40.1 Å². The fourth-order valence-electron chi connectivity index (χ4n) is 8.46. The molecule has 0 radical (unpaired) electrons. The molecule has 6 rings (SSSR count). The molecule has 45 heavy (non-hydrogen) atoms. The minimum atomic E-state index is -0.652. The molecule has 0 bridgehead atoms. The SMILES string of the molecule is COc1c(O)c(O)c(CO)c([C@@H]2C[C@H](O)[C@H]3CC[C@@H](c4ccc(O)c([C@@H]5C[C@@H](C)CC[C@@H]5CO)c4)C[C@@H]3O2)c1Cc1cc[n-]c1. The zero-order valence-electron chi connectivity index (χ0n) is 26.1. The van der Waals surface area contributed by atoms with Crippen molar-refractivity contribution in [2.45, 2.75) is 95.0 Å². The third-order valence-electron chi connectivity index (χ3n) is 10.9. The second-order valence-electron chi connectivity index (χ2n) is 13.5. The molecule has 0 spiro atoms. The summed E-state index contributed by atoms with van der Waals surface area (Å²) >= 11 is 0. The first kappa shape index (κ1) is 31.7. The number of phenols is 3. The second-order valence-corrected chi connectivity index (χ2v) is 13.5. The number of methoxy groups -OCH3 is 1. The van der Waals surface area contributed by atoms with E-state index in [1.54, 1.807) is 18.5 Å². The maximum atomic E-state index is 11.4. The van der Waals surface area contributed by atoms with Gasteiger partial charge in [0.2, 0.25) is 5.75 Å². The van der Waals surface area contributed by atoms with Gasteiger partial charge in [-0.15, -0.1) is 0 Å². The van der Waals surface area contributed by atoms with Crippen LogP contribution in [-0.4, -0.2) is 56.6 Å². The third-order valence-corrected chi connectivity index (χ3v) is 10.9. The summed E-state index contributed by atoms with van der Waals surface area (Å²) in [6, 6.07) is 7.75. The predicted molar refractivity (Wildman–Crippen MR) is 168 cm³/mol. The summed E-state index contributed by atoms with van der Waals surface area (Å²) in [7, 11) is 1.42. The number of ether oxygens (including phenoxy) is 2. The number of aliphatic hydroxyl groups excluding tert-OH is 3. The quantitative estimate of drug-likeness (QED) is 0.188. The van der Waals surface area contributed by atoms with Gasteiger partial charge in [0.15, 0.2) is 11.5 Å². The molecule has 0 amide bonds. The lowest BCUT2D eigenvalue weighted by Crippen LogP contribution is -2.44. The van der Waals surface area contributed by atoms with Crippen molar-refractivity contribution in [3.63, 3.8) is 0 Å². The Hall–Kier alpha value is -3.24. The number of rotatable bonds is 8. The first-order valence-electron chi connectivity index (χ1n) is 16.3. The summed E-state index contributed by atoms with van der Waals surface area (Å²) in [6.45, 7) is 1.82. The van der Waals surface area contributed by atoms with Crippen molar-refractivity contribution in [2.24, 2.45) is 17.8 Å². The predicted octanol–water partition coefficient (Wildman–Crippen LogP) is 5.14. The highest BCUT2D eigenvalue weighted by atomic mass is 16.5. The number of hydrogen-bond donors (Lipinski definition) is 6. The number of benzene rings is 2. The van der Waals surface area contributed by atoms with Crippen LogP contribution in [-0.2, 0) is 17.8 Å². The highest BCUT2D eigenvalue weighted by Gasteiger charge is 2.44. The van der Waals surface area contributed by atoms with E-state index in [9.17, 15) is 30.6 Å². The van der Waals surface area contributed by atoms with Crippen molar-refractivity contribution in [1.82, 2.24) is 4.98 Å². The van der Waals surface area contributed by atoms with E-state index in [1.807, 2.05) is 12.1 Å². The van der Waals surface area contributed by atoms with E-state index >= 15 is 0 Å². The molecule has 8 atom stereocenters. The molecule has 2 heterocycles. The van der Waals surface area contributed by atoms with Crippen LogP contribution in [0.2, 0.25) is 0 Å². The van der Waals surface area contributed by atoms with Gasteiger partial charge in [0, 0.05) is 30.1 Å². The lowest BCUT2D eigenvalue weighted by Gasteiger charge is -2.46. The van der Waals surface area contributed by atoms with Gasteiger partial charge in [-0.3, -0.25) is 0 Å². The van der Waals surface area contributed by atoms with E-state index < -0.39 is 30.3 Å². The second kappa shape index (κ2) is 13.2. The van der Waals surface area contributed by atoms with E-state index in [4.69, 9.17) is 9.47 Å². The lowest BCUT2D eigenvalue weighted by atomic mass is 9.69. The standard InChI is InChI=1S/C36H46NO8/c1-19-3-4-23(17-38)25(11-19)26-13-21(6-8-29(26)40)22-5-7-24-30(41)15-32(45-31(24)14-22)33-27(12-20-9-10-37-16-20)36(44-2)35(43)34(42)28(33)18-39/h6,8-10,13,16,19,22-25,30-32,38-43H,3-5,7,11-12,14-15,17-18H2,1-2H3/q-1/t19-,22+,23+,24+,25+,30-,31-,32-/m0/s1. The number of aromatic nitrogens is 1. The average Bonchev–Trinajstić information content (AvgIpc) is 3.56. The highest BCUT2D eigenvalue weighted by molar-refractivity contribution is 5.64. The molecule has 9 heteroatoms. The summed E-state index contributed by atoms with van der Waals surface area (Å²) < 4.78 is 12.4. The summed E-state index contributed by atoms with van der Waals surface area (Å²) in [6.07, 6.45) is 7.73. The maximum Gasteiger partial charge on any atom is 0.201 e. The fraction of sp³-hybridized carbons (Fsp3) is 0.556. The van der Waals surface area contributed by atoms with Crippen LogP contribution in [0, 0.1) is 17.8 Å². The molecule has 3 fully saturated rings. The van der Waals surface area contributed by atoms with Gasteiger partial charge in [-0.05, 0) is 85.0 Å². The summed E-state index contributed by atoms with van der Waals surface area (Å²) in [5, 5.41) is 64.5. The molecule has 0 unspecified atom stereocenters. The first-order valence-corrected chi connectivity index (χ1v) is 16.3. The number of aromatic hydroxyl groups is 3. The lowest BCUT2D eigenvalue weighted by molar-refractivity contribution is -0.154. The minimum absolute atomic E-state index is 0.0556. The largest absolute Gasteiger partial charge is 0.670 e. The molecule has 2 saturated carbocycles. The number of aliphatic hydroxyl groups is 3. The van der Waals surface area contributed by atoms with Gasteiger partial charge in [0.05, 0.1) is 32.0 Å². The Labute approximate surface area is 264 Å². The first-order chi connectivity index (χ1) is 21.7. The maximum absolute atomic E-state index is 11.4. The van der Waals surface area contributed by atoms with Gasteiger partial charge in [0.25, 0.3) is 0 Å². The van der Waals surface area contributed by atoms with Crippen LogP contribution in [0.5, 0.6) is 23.0 Å². The molecular weight excluding hydrogens is 574 g/mol. The molecule has 1 aromatic heterocycles. The van der Waals surface area contributed by atoms with Crippen LogP contribution < -0.4 is 9.72 Å². The Bertz CT molecular complexity index is 1470. The van der Waals surface area contributed by atoms with Gasteiger partial charge in [-0.1, -0.05) is 37.1 Å². The molecule has 244 valence electrons. The van der Waals surface area contributed by atoms with Crippen LogP contribution >= 0.6 is 0 Å². The van der Waals surface area contributed by atoms with Crippen molar-refractivity contribution in [1.29, 1.82) is 0 Å². The molecule has 1 saturated heterocycles. The van der Waals surface area contributed by atoms with E-state index in [0.717, 1.165) is 48.8 Å². The molecule has 2 aliphatic carbocycles. The average molecular weight is 621 g/mol. The van der Waals surface area contributed by atoms with Gasteiger partial charge >= 0.3 is 0 Å². The van der Waals surface area contributed by atoms with Gasteiger partial charge in [-0.25, -0.2) is 0 Å². The van der Waals surface area contributed by atoms with Gasteiger partial charge < -0.3 is 45.1 Å². The van der Waals surface area contributed by atoms with Crippen molar-refractivity contribution >= 4 is 0 Å². The van der Waals surface area contributed by atoms with Crippen molar-refractivity contribution in [3.8, 4) is 23.0 Å². The normalized spacial score (nSPS) is 30.2. The summed E-state index contributed by atoms with van der Waals surface area (Å²) in [4.78, 5) is 4.15. The van der Waals surface area contributed by atoms with Crippen LogP contribution in [0.4, 0.5) is 0 Å². The van der Waals surface area contributed by atoms with Crippen molar-refractivity contribution in [3.05, 3.63) is 70.0 Å². The number of phenolic OH excluding ortho intramolecular Hbond substituents is 2. The Balaban J connectivity index is 1.31. The van der Waals surface area contributed by atoms with Gasteiger partial charge in [-0.2, -0.15) is 12.4 Å². The molecule has 3 aromatic rings. The van der Waals surface area contributed by atoms with Crippen LogP contribution in [0.15, 0.2) is 36.7 Å². The molecule has 9 nitrogen and oxygen atoms in total. The van der Waals surface area contributed by atoms with Gasteiger partial charge in [0.1, 0.15) is 5.75 Å². The Morgan fingerprint density at radius 1 is 0.956 bits per heavy atom. The summed E-state index contributed by atoms with van der Waals surface area (Å²) in [5.74, 6) is 0.367. The summed E-state index contributed by atoms with van der Waals surface area (Å²) in [5.41, 5.74) is 4.17. The zero-order chi connectivity index (χ0) is 31.8. The zero-order valence-corrected chi connectivity index (χ0v) is 26.1. The third kappa shape index (κ3) is 6.03. The topological polar surface area (TPSA) is 154 Å². The fourth-order valence-corrected chi connectivity index (χ4v) is 8.46. The highest BCUT2D eigenvalue weighted by Crippen LogP contribution is 2.52. The number of nitrogens with zero attached hydrogens (tertiary/aromatic N) is 1. The smallest absolute Gasteiger partial charge is 0.201 e. The molecular formula is C36H46NO8-. The Kier molecular flexibility index (Phi) is 9.34. The van der Waals surface area contributed by atoms with Crippen LogP contribution in [0.3, 0.4) is 0 Å². The molecule has 3 aliphatic rings. The molecule has 2 aromatic carbocycles. The van der Waals surface area contributed by atoms with E-state index in [1.165, 1.54) is 7.11 Å². The Morgan fingerprint density at radius 2 is 1.78 bits per heavy atom. The number of fused-ring (bicyclic) bond motifs is 1. The van der Waals surface area contributed by atoms with E-state index in [0.29, 0.717) is 29.9 Å². The van der Waals surface area contributed by atoms with Crippen molar-refractivity contribution in [2.75, 3.05) is 13.7 Å². The number of hydrogen-bond acceptors (Lipinski definition) is 8. The van der Waals surface area contributed by atoms with Crippen LogP contribution in [0.25, 0.3) is 0 Å². The molecule has 6 N–H and O–H groups in total. The molecule has 1 aliphatic heterocycles. The van der Waals surface area contributed by atoms with E-state index in [-0.39, 0.29) is 59.9 Å². The minimum Gasteiger partial charge on any atom is -0.670 e. The van der Waals surface area contributed by atoms with E-state index in [2.05, 4.69) is 18.0 Å². The van der Waals surface area contributed by atoms with Crippen LogP contribution in [0.1, 0.15) is 103 Å². The Morgan fingerprint density at radius 3 is 2.49 bits per heavy atom. The monoisotopic (exact) mass is 620 g/mol.